The van der Waals surface area contributed by atoms with Gasteiger partial charge in [-0.05, 0) is 41.3 Å². The molecule has 3 aromatic heterocycles. The van der Waals surface area contributed by atoms with Crippen LogP contribution in [0.15, 0.2) is 48.9 Å². The maximum atomic E-state index is 4.57. The lowest BCUT2D eigenvalue weighted by atomic mass is 10.1. The first-order valence-electron chi connectivity index (χ1n) is 7.91. The molecule has 1 aromatic carbocycles. The maximum absolute atomic E-state index is 4.57. The van der Waals surface area contributed by atoms with Gasteiger partial charge in [0.25, 0.3) is 0 Å². The Bertz CT molecular complexity index is 968. The van der Waals surface area contributed by atoms with E-state index in [0.717, 1.165) is 28.0 Å². The van der Waals surface area contributed by atoms with Crippen molar-refractivity contribution >= 4 is 22.8 Å². The molecule has 4 aromatic rings. The van der Waals surface area contributed by atoms with Crippen LogP contribution in [0.5, 0.6) is 0 Å². The van der Waals surface area contributed by atoms with Crippen LogP contribution in [0.3, 0.4) is 0 Å². The van der Waals surface area contributed by atoms with Crippen molar-refractivity contribution < 1.29 is 0 Å². The summed E-state index contributed by atoms with van der Waals surface area (Å²) in [5.41, 5.74) is 5.26. The van der Waals surface area contributed by atoms with E-state index >= 15 is 0 Å². The van der Waals surface area contributed by atoms with Gasteiger partial charge in [0.15, 0.2) is 0 Å². The van der Waals surface area contributed by atoms with E-state index in [1.165, 1.54) is 5.56 Å². The van der Waals surface area contributed by atoms with E-state index in [2.05, 4.69) is 56.4 Å². The molecular weight excluding hydrogens is 300 g/mol. The summed E-state index contributed by atoms with van der Waals surface area (Å²) < 4.78 is 0. The summed E-state index contributed by atoms with van der Waals surface area (Å²) in [6.07, 6.45) is 5.49. The normalized spacial score (nSPS) is 11.3. The molecule has 24 heavy (non-hydrogen) atoms. The molecule has 0 saturated carbocycles. The zero-order valence-electron chi connectivity index (χ0n) is 13.5. The molecule has 0 unspecified atom stereocenters. The van der Waals surface area contributed by atoms with Gasteiger partial charge in [-0.25, -0.2) is 9.97 Å². The van der Waals surface area contributed by atoms with Crippen molar-refractivity contribution in [2.24, 2.45) is 0 Å². The second-order valence-electron chi connectivity index (χ2n) is 6.06. The fourth-order valence-corrected chi connectivity index (χ4v) is 2.65. The minimum atomic E-state index is 0.460. The molecule has 120 valence electrons. The third kappa shape index (κ3) is 2.74. The highest BCUT2D eigenvalue weighted by molar-refractivity contribution is 5.83. The SMILES string of the molecule is CC(C)c1ccnc(Nc2nc3ccc(-c4cn[nH]c4)cc3[nH]2)c1. The monoisotopic (exact) mass is 318 g/mol. The lowest BCUT2D eigenvalue weighted by Crippen LogP contribution is -1.97. The van der Waals surface area contributed by atoms with Crippen LogP contribution in [0.25, 0.3) is 22.2 Å². The minimum absolute atomic E-state index is 0.460. The van der Waals surface area contributed by atoms with Crippen LogP contribution in [0, 0.1) is 0 Å². The number of nitrogens with one attached hydrogen (secondary N) is 3. The molecule has 0 bridgehead atoms. The first kappa shape index (κ1) is 14.4. The van der Waals surface area contributed by atoms with E-state index < -0.39 is 0 Å². The topological polar surface area (TPSA) is 82.3 Å². The van der Waals surface area contributed by atoms with Crippen molar-refractivity contribution in [1.82, 2.24) is 25.1 Å². The molecule has 0 amide bonds. The van der Waals surface area contributed by atoms with Gasteiger partial charge in [0.1, 0.15) is 5.82 Å². The Kier molecular flexibility index (Phi) is 3.49. The highest BCUT2D eigenvalue weighted by Gasteiger charge is 2.07. The lowest BCUT2D eigenvalue weighted by molar-refractivity contribution is 0.863. The van der Waals surface area contributed by atoms with Crippen LogP contribution in [0.4, 0.5) is 11.8 Å². The Balaban J connectivity index is 1.64. The highest BCUT2D eigenvalue weighted by Crippen LogP contribution is 2.25. The predicted molar refractivity (Wildman–Crippen MR) is 95.3 cm³/mol. The summed E-state index contributed by atoms with van der Waals surface area (Å²) in [6, 6.07) is 10.2. The fraction of sp³-hybridized carbons (Fsp3) is 0.167. The van der Waals surface area contributed by atoms with Crippen molar-refractivity contribution in [2.45, 2.75) is 19.8 Å². The number of aromatic nitrogens is 5. The van der Waals surface area contributed by atoms with Crippen LogP contribution in [0.2, 0.25) is 0 Å². The Morgan fingerprint density at radius 2 is 2.00 bits per heavy atom. The Morgan fingerprint density at radius 1 is 1.08 bits per heavy atom. The highest BCUT2D eigenvalue weighted by atomic mass is 15.1. The average molecular weight is 318 g/mol. The number of hydrogen-bond acceptors (Lipinski definition) is 4. The second-order valence-corrected chi connectivity index (χ2v) is 6.06. The smallest absolute Gasteiger partial charge is 0.206 e. The molecule has 0 fully saturated rings. The predicted octanol–water partition coefficient (Wildman–Crippen LogP) is 4.22. The second kappa shape index (κ2) is 5.81. The third-order valence-corrected chi connectivity index (χ3v) is 4.01. The van der Waals surface area contributed by atoms with Crippen molar-refractivity contribution in [2.75, 3.05) is 5.32 Å². The first-order chi connectivity index (χ1) is 11.7. The molecule has 3 N–H and O–H groups in total. The van der Waals surface area contributed by atoms with Crippen molar-refractivity contribution in [3.63, 3.8) is 0 Å². The van der Waals surface area contributed by atoms with Crippen LogP contribution in [0.1, 0.15) is 25.3 Å². The zero-order valence-corrected chi connectivity index (χ0v) is 13.5. The summed E-state index contributed by atoms with van der Waals surface area (Å²) in [5, 5.41) is 10.1. The number of nitrogens with zero attached hydrogens (tertiary/aromatic N) is 3. The van der Waals surface area contributed by atoms with Crippen molar-refractivity contribution in [3.8, 4) is 11.1 Å². The van der Waals surface area contributed by atoms with Gasteiger partial charge < -0.3 is 10.3 Å². The van der Waals surface area contributed by atoms with Crippen LogP contribution >= 0.6 is 0 Å². The minimum Gasteiger partial charge on any atom is -0.324 e. The van der Waals surface area contributed by atoms with E-state index in [1.807, 2.05) is 30.6 Å². The lowest BCUT2D eigenvalue weighted by Gasteiger charge is -2.07. The Morgan fingerprint density at radius 3 is 2.79 bits per heavy atom. The number of H-pyrrole nitrogens is 2. The van der Waals surface area contributed by atoms with Crippen molar-refractivity contribution in [1.29, 1.82) is 0 Å². The van der Waals surface area contributed by atoms with Crippen LogP contribution in [-0.2, 0) is 0 Å². The number of imidazole rings is 1. The van der Waals surface area contributed by atoms with E-state index in [9.17, 15) is 0 Å². The number of hydrogen-bond donors (Lipinski definition) is 3. The number of aromatic amines is 2. The largest absolute Gasteiger partial charge is 0.324 e. The summed E-state index contributed by atoms with van der Waals surface area (Å²) in [7, 11) is 0. The molecule has 0 aliphatic carbocycles. The molecule has 0 saturated heterocycles. The summed E-state index contributed by atoms with van der Waals surface area (Å²) >= 11 is 0. The zero-order chi connectivity index (χ0) is 16.5. The number of benzene rings is 1. The van der Waals surface area contributed by atoms with Gasteiger partial charge in [-0.3, -0.25) is 5.10 Å². The first-order valence-corrected chi connectivity index (χ1v) is 7.91. The molecule has 3 heterocycles. The number of anilines is 2. The molecule has 4 rings (SSSR count). The van der Waals surface area contributed by atoms with Gasteiger partial charge in [-0.15, -0.1) is 0 Å². The number of pyridine rings is 1. The standard InChI is InChI=1S/C18H18N6/c1-11(2)12-5-6-19-17(8-12)24-18-22-15-4-3-13(7-16(15)23-18)14-9-20-21-10-14/h3-11H,1-2H3,(H,20,21)(H2,19,22,23,24). The molecule has 0 spiro atoms. The van der Waals surface area contributed by atoms with E-state index in [-0.39, 0.29) is 0 Å². The average Bonchev–Trinajstić information content (AvgIpc) is 3.23. The summed E-state index contributed by atoms with van der Waals surface area (Å²) in [6.45, 7) is 4.33. The molecule has 0 radical (unpaired) electrons. The summed E-state index contributed by atoms with van der Waals surface area (Å²) in [4.78, 5) is 12.2. The van der Waals surface area contributed by atoms with Crippen molar-refractivity contribution in [3.05, 3.63) is 54.5 Å². The maximum Gasteiger partial charge on any atom is 0.206 e. The molecule has 0 atom stereocenters. The van der Waals surface area contributed by atoms with E-state index in [0.29, 0.717) is 11.9 Å². The fourth-order valence-electron chi connectivity index (χ4n) is 2.65. The van der Waals surface area contributed by atoms with Gasteiger partial charge in [-0.2, -0.15) is 5.10 Å². The van der Waals surface area contributed by atoms with Gasteiger partial charge >= 0.3 is 0 Å². The Hall–Kier alpha value is -3.15. The molecule has 6 heteroatoms. The Labute approximate surface area is 139 Å². The molecule has 0 aliphatic heterocycles. The molecular formula is C18H18N6. The number of fused-ring (bicyclic) bond motifs is 1. The summed E-state index contributed by atoms with van der Waals surface area (Å²) in [5.74, 6) is 1.93. The third-order valence-electron chi connectivity index (χ3n) is 4.01. The van der Waals surface area contributed by atoms with Crippen LogP contribution < -0.4 is 5.32 Å². The van der Waals surface area contributed by atoms with Gasteiger partial charge in [0.05, 0.1) is 17.2 Å². The quantitative estimate of drug-likeness (QED) is 0.526. The van der Waals surface area contributed by atoms with Gasteiger partial charge in [-0.1, -0.05) is 19.9 Å². The van der Waals surface area contributed by atoms with E-state index in [1.54, 1.807) is 6.20 Å². The molecule has 6 nitrogen and oxygen atoms in total. The van der Waals surface area contributed by atoms with Gasteiger partial charge in [0.2, 0.25) is 5.95 Å². The van der Waals surface area contributed by atoms with Gasteiger partial charge in [0, 0.05) is 18.0 Å². The van der Waals surface area contributed by atoms with E-state index in [4.69, 9.17) is 0 Å². The molecule has 0 aliphatic rings. The van der Waals surface area contributed by atoms with Crippen LogP contribution in [-0.4, -0.2) is 25.1 Å². The number of rotatable bonds is 4.